The fraction of sp³-hybridized carbons (Fsp3) is 0.136. The number of para-hydroxylation sites is 1. The van der Waals surface area contributed by atoms with Crippen molar-refractivity contribution in [2.45, 2.75) is 24.3 Å². The van der Waals surface area contributed by atoms with E-state index in [2.05, 4.69) is 10.0 Å². The minimum Gasteiger partial charge on any atom is -0.345 e. The normalized spacial score (nSPS) is 12.2. The van der Waals surface area contributed by atoms with Gasteiger partial charge in [0.1, 0.15) is 0 Å². The molecule has 144 valence electrons. The van der Waals surface area contributed by atoms with E-state index in [0.29, 0.717) is 11.3 Å². The molecule has 3 rings (SSSR count). The first-order valence-electron chi connectivity index (χ1n) is 9.03. The van der Waals surface area contributed by atoms with Gasteiger partial charge in [-0.3, -0.25) is 9.52 Å². The average molecular weight is 394 g/mol. The lowest BCUT2D eigenvalue weighted by Gasteiger charge is -2.18. The Kier molecular flexibility index (Phi) is 6.11. The second-order valence-corrected chi connectivity index (χ2v) is 8.03. The Labute approximate surface area is 165 Å². The Morgan fingerprint density at radius 2 is 1.54 bits per heavy atom. The number of rotatable bonds is 7. The molecule has 1 atom stereocenters. The van der Waals surface area contributed by atoms with E-state index in [1.165, 1.54) is 12.1 Å². The Balaban J connectivity index is 1.79. The molecule has 2 N–H and O–H groups in total. The molecule has 0 spiro atoms. The van der Waals surface area contributed by atoms with Crippen LogP contribution >= 0.6 is 0 Å². The highest BCUT2D eigenvalue weighted by Crippen LogP contribution is 2.19. The monoisotopic (exact) mass is 394 g/mol. The number of nitrogens with one attached hydrogen (secondary N) is 2. The van der Waals surface area contributed by atoms with Crippen LogP contribution in [-0.4, -0.2) is 14.3 Å². The predicted octanol–water partition coefficient (Wildman–Crippen LogP) is 4.37. The van der Waals surface area contributed by atoms with Gasteiger partial charge in [0.05, 0.1) is 10.9 Å². The zero-order valence-electron chi connectivity index (χ0n) is 15.5. The molecular weight excluding hydrogens is 372 g/mol. The van der Waals surface area contributed by atoms with Crippen molar-refractivity contribution in [1.82, 2.24) is 5.32 Å². The van der Waals surface area contributed by atoms with Gasteiger partial charge in [-0.25, -0.2) is 8.42 Å². The summed E-state index contributed by atoms with van der Waals surface area (Å²) in [6.45, 7) is 1.99. The van der Waals surface area contributed by atoms with Crippen molar-refractivity contribution < 1.29 is 13.2 Å². The van der Waals surface area contributed by atoms with Crippen molar-refractivity contribution in [3.63, 3.8) is 0 Å². The summed E-state index contributed by atoms with van der Waals surface area (Å²) in [7, 11) is -3.79. The van der Waals surface area contributed by atoms with E-state index in [1.807, 2.05) is 37.3 Å². The Morgan fingerprint density at radius 1 is 0.893 bits per heavy atom. The quantitative estimate of drug-likeness (QED) is 0.625. The van der Waals surface area contributed by atoms with Gasteiger partial charge in [0.15, 0.2) is 0 Å². The first-order valence-corrected chi connectivity index (χ1v) is 10.5. The summed E-state index contributed by atoms with van der Waals surface area (Å²) >= 11 is 0. The first kappa shape index (κ1) is 19.6. The van der Waals surface area contributed by atoms with Crippen LogP contribution in [0.1, 0.15) is 35.3 Å². The number of amides is 1. The molecule has 6 heteroatoms. The van der Waals surface area contributed by atoms with Crippen LogP contribution in [0.5, 0.6) is 0 Å². The van der Waals surface area contributed by atoms with Crippen molar-refractivity contribution in [2.24, 2.45) is 0 Å². The molecule has 0 bridgehead atoms. The maximum atomic E-state index is 12.7. The van der Waals surface area contributed by atoms with Crippen molar-refractivity contribution >= 4 is 21.6 Å². The van der Waals surface area contributed by atoms with Crippen LogP contribution in [0, 0.1) is 0 Å². The van der Waals surface area contributed by atoms with E-state index >= 15 is 0 Å². The number of anilines is 1. The molecular formula is C22H22N2O3S. The van der Waals surface area contributed by atoms with E-state index in [1.54, 1.807) is 42.5 Å². The third-order valence-electron chi connectivity index (χ3n) is 4.35. The third-order valence-corrected chi connectivity index (χ3v) is 5.73. The second-order valence-electron chi connectivity index (χ2n) is 6.34. The molecule has 0 aromatic heterocycles. The molecule has 0 saturated carbocycles. The van der Waals surface area contributed by atoms with Gasteiger partial charge < -0.3 is 5.32 Å². The number of sulfonamides is 1. The van der Waals surface area contributed by atoms with Crippen molar-refractivity contribution in [3.05, 3.63) is 96.1 Å². The molecule has 3 aromatic rings. The highest BCUT2D eigenvalue weighted by atomic mass is 32.2. The van der Waals surface area contributed by atoms with Crippen LogP contribution in [0.4, 0.5) is 5.69 Å². The molecule has 1 amide bonds. The summed E-state index contributed by atoms with van der Waals surface area (Å²) in [5, 5.41) is 2.97. The summed E-state index contributed by atoms with van der Waals surface area (Å²) in [5.74, 6) is -0.313. The summed E-state index contributed by atoms with van der Waals surface area (Å²) in [5.41, 5.74) is 1.77. The van der Waals surface area contributed by atoms with Gasteiger partial charge in [-0.15, -0.1) is 0 Å². The van der Waals surface area contributed by atoms with Crippen LogP contribution in [-0.2, 0) is 10.0 Å². The van der Waals surface area contributed by atoms with Gasteiger partial charge in [0, 0.05) is 11.3 Å². The van der Waals surface area contributed by atoms with Gasteiger partial charge in [-0.1, -0.05) is 61.5 Å². The SMILES string of the molecule is CC[C@H](NC(=O)c1cccc(S(=O)(=O)Nc2ccccc2)c1)c1ccccc1. The maximum Gasteiger partial charge on any atom is 0.261 e. The van der Waals surface area contributed by atoms with E-state index in [0.717, 1.165) is 12.0 Å². The summed E-state index contributed by atoms with van der Waals surface area (Å²) < 4.78 is 27.8. The molecule has 0 fully saturated rings. The number of carbonyl (C=O) groups is 1. The van der Waals surface area contributed by atoms with Crippen molar-refractivity contribution in [2.75, 3.05) is 4.72 Å². The second kappa shape index (κ2) is 8.71. The average Bonchev–Trinajstić information content (AvgIpc) is 2.73. The molecule has 3 aromatic carbocycles. The molecule has 0 radical (unpaired) electrons. The summed E-state index contributed by atoms with van der Waals surface area (Å²) in [6, 6.07) is 24.2. The largest absolute Gasteiger partial charge is 0.345 e. The fourth-order valence-electron chi connectivity index (χ4n) is 2.87. The maximum absolute atomic E-state index is 12.7. The predicted molar refractivity (Wildman–Crippen MR) is 111 cm³/mol. The lowest BCUT2D eigenvalue weighted by Crippen LogP contribution is -2.28. The van der Waals surface area contributed by atoms with Crippen LogP contribution in [0.25, 0.3) is 0 Å². The first-order chi connectivity index (χ1) is 13.5. The summed E-state index contributed by atoms with van der Waals surface area (Å²) in [4.78, 5) is 12.7. The Morgan fingerprint density at radius 3 is 2.18 bits per heavy atom. The standard InChI is InChI=1S/C22H22N2O3S/c1-2-21(17-10-5-3-6-11-17)23-22(25)18-12-9-15-20(16-18)28(26,27)24-19-13-7-4-8-14-19/h3-16,21,24H,2H2,1H3,(H,23,25)/t21-/m0/s1. The van der Waals surface area contributed by atoms with Gasteiger partial charge >= 0.3 is 0 Å². The Bertz CT molecular complexity index is 1040. The number of hydrogen-bond donors (Lipinski definition) is 2. The highest BCUT2D eigenvalue weighted by molar-refractivity contribution is 7.92. The number of carbonyl (C=O) groups excluding carboxylic acids is 1. The van der Waals surface area contributed by atoms with E-state index in [9.17, 15) is 13.2 Å². The van der Waals surface area contributed by atoms with Gasteiger partial charge in [-0.05, 0) is 42.3 Å². The van der Waals surface area contributed by atoms with E-state index < -0.39 is 10.0 Å². The lowest BCUT2D eigenvalue weighted by atomic mass is 10.0. The molecule has 0 aliphatic rings. The minimum absolute atomic E-state index is 0.0387. The smallest absolute Gasteiger partial charge is 0.261 e. The van der Waals surface area contributed by atoms with Crippen LogP contribution in [0.2, 0.25) is 0 Å². The highest BCUT2D eigenvalue weighted by Gasteiger charge is 2.18. The molecule has 5 nitrogen and oxygen atoms in total. The zero-order chi connectivity index (χ0) is 20.0. The molecule has 0 aliphatic heterocycles. The molecule has 0 aliphatic carbocycles. The number of benzene rings is 3. The van der Waals surface area contributed by atoms with Crippen molar-refractivity contribution in [1.29, 1.82) is 0 Å². The molecule has 28 heavy (non-hydrogen) atoms. The van der Waals surface area contributed by atoms with Crippen LogP contribution in [0.3, 0.4) is 0 Å². The number of hydrogen-bond acceptors (Lipinski definition) is 3. The topological polar surface area (TPSA) is 75.3 Å². The molecule has 0 unspecified atom stereocenters. The summed E-state index contributed by atoms with van der Waals surface area (Å²) in [6.07, 6.45) is 0.726. The van der Waals surface area contributed by atoms with Gasteiger partial charge in [0.25, 0.3) is 15.9 Å². The Hall–Kier alpha value is -3.12. The van der Waals surface area contributed by atoms with E-state index in [-0.39, 0.29) is 16.8 Å². The van der Waals surface area contributed by atoms with Crippen LogP contribution in [0.15, 0.2) is 89.8 Å². The van der Waals surface area contributed by atoms with Gasteiger partial charge in [0.2, 0.25) is 0 Å². The van der Waals surface area contributed by atoms with Crippen molar-refractivity contribution in [3.8, 4) is 0 Å². The minimum atomic E-state index is -3.79. The third kappa shape index (κ3) is 4.78. The van der Waals surface area contributed by atoms with Gasteiger partial charge in [-0.2, -0.15) is 0 Å². The molecule has 0 saturated heterocycles. The molecule has 0 heterocycles. The fourth-order valence-corrected chi connectivity index (χ4v) is 3.98. The zero-order valence-corrected chi connectivity index (χ0v) is 16.3. The lowest BCUT2D eigenvalue weighted by molar-refractivity contribution is 0.0935. The van der Waals surface area contributed by atoms with Crippen LogP contribution < -0.4 is 10.0 Å². The van der Waals surface area contributed by atoms with E-state index in [4.69, 9.17) is 0 Å².